The molecule has 4 rings (SSSR count). The molecule has 2 saturated heterocycles. The zero-order valence-electron chi connectivity index (χ0n) is 17.1. The van der Waals surface area contributed by atoms with Gasteiger partial charge in [-0.25, -0.2) is 15.0 Å². The standard InChI is InChI=1S/C22H28N6/c1-15-11-16(2)24-22(19(15)13-23)28-10-6-7-18(14-28)20-12-21(26-17(3)25-20)27-8-4-5-9-27/h11-12,18H,4-10,14H2,1-3H3/t18-/m1/s1. The van der Waals surface area contributed by atoms with Crippen LogP contribution in [0.3, 0.4) is 0 Å². The Morgan fingerprint density at radius 1 is 0.964 bits per heavy atom. The lowest BCUT2D eigenvalue weighted by molar-refractivity contribution is 0.496. The van der Waals surface area contributed by atoms with Crippen LogP contribution in [0.15, 0.2) is 12.1 Å². The van der Waals surface area contributed by atoms with Gasteiger partial charge in [0.1, 0.15) is 23.5 Å². The smallest absolute Gasteiger partial charge is 0.147 e. The lowest BCUT2D eigenvalue weighted by atomic mass is 9.93. The number of aryl methyl sites for hydroxylation is 3. The van der Waals surface area contributed by atoms with E-state index >= 15 is 0 Å². The average Bonchev–Trinajstić information content (AvgIpc) is 3.22. The highest BCUT2D eigenvalue weighted by Gasteiger charge is 2.27. The van der Waals surface area contributed by atoms with Gasteiger partial charge in [-0.3, -0.25) is 0 Å². The largest absolute Gasteiger partial charge is 0.357 e. The molecule has 0 aromatic carbocycles. The van der Waals surface area contributed by atoms with Crippen molar-refractivity contribution < 1.29 is 0 Å². The third kappa shape index (κ3) is 3.66. The zero-order valence-corrected chi connectivity index (χ0v) is 17.1. The highest BCUT2D eigenvalue weighted by atomic mass is 15.2. The van der Waals surface area contributed by atoms with Gasteiger partial charge in [-0.15, -0.1) is 0 Å². The van der Waals surface area contributed by atoms with Crippen LogP contribution >= 0.6 is 0 Å². The molecule has 0 N–H and O–H groups in total. The Balaban J connectivity index is 1.62. The zero-order chi connectivity index (χ0) is 19.7. The Bertz CT molecular complexity index is 910. The molecule has 0 aliphatic carbocycles. The Labute approximate surface area is 167 Å². The molecule has 2 aromatic rings. The fourth-order valence-corrected chi connectivity index (χ4v) is 4.49. The van der Waals surface area contributed by atoms with E-state index in [1.54, 1.807) is 0 Å². The summed E-state index contributed by atoms with van der Waals surface area (Å²) in [5.74, 6) is 3.08. The number of piperidine rings is 1. The molecule has 1 atom stereocenters. The highest BCUT2D eigenvalue weighted by Crippen LogP contribution is 2.32. The van der Waals surface area contributed by atoms with Crippen LogP contribution in [0.25, 0.3) is 0 Å². The summed E-state index contributed by atoms with van der Waals surface area (Å²) in [7, 11) is 0. The van der Waals surface area contributed by atoms with Crippen LogP contribution in [0.1, 0.15) is 59.9 Å². The van der Waals surface area contributed by atoms with E-state index in [0.717, 1.165) is 73.4 Å². The van der Waals surface area contributed by atoms with Crippen LogP contribution in [-0.4, -0.2) is 41.1 Å². The molecule has 6 heteroatoms. The first-order valence-corrected chi connectivity index (χ1v) is 10.3. The molecule has 2 fully saturated rings. The van der Waals surface area contributed by atoms with Crippen molar-refractivity contribution >= 4 is 11.6 Å². The summed E-state index contributed by atoms with van der Waals surface area (Å²) in [6.07, 6.45) is 4.67. The van der Waals surface area contributed by atoms with Gasteiger partial charge in [0.15, 0.2) is 0 Å². The maximum atomic E-state index is 9.65. The second-order valence-corrected chi connectivity index (χ2v) is 8.07. The maximum absolute atomic E-state index is 9.65. The molecule has 0 saturated carbocycles. The Kier molecular flexibility index (Phi) is 5.17. The minimum Gasteiger partial charge on any atom is -0.357 e. The van der Waals surface area contributed by atoms with Crippen molar-refractivity contribution in [3.8, 4) is 6.07 Å². The van der Waals surface area contributed by atoms with Crippen LogP contribution in [0.2, 0.25) is 0 Å². The predicted molar refractivity (Wildman–Crippen MR) is 111 cm³/mol. The van der Waals surface area contributed by atoms with Gasteiger partial charge in [0, 0.05) is 43.9 Å². The quantitative estimate of drug-likeness (QED) is 0.814. The molecule has 2 aliphatic rings. The fraction of sp³-hybridized carbons (Fsp3) is 0.545. The summed E-state index contributed by atoms with van der Waals surface area (Å²) < 4.78 is 0. The van der Waals surface area contributed by atoms with Crippen molar-refractivity contribution in [1.29, 1.82) is 5.26 Å². The van der Waals surface area contributed by atoms with Crippen molar-refractivity contribution in [2.45, 2.75) is 52.4 Å². The summed E-state index contributed by atoms with van der Waals surface area (Å²) in [6.45, 7) is 9.94. The van der Waals surface area contributed by atoms with Crippen molar-refractivity contribution in [1.82, 2.24) is 15.0 Å². The highest BCUT2D eigenvalue weighted by molar-refractivity contribution is 5.58. The van der Waals surface area contributed by atoms with Crippen molar-refractivity contribution in [2.75, 3.05) is 36.0 Å². The summed E-state index contributed by atoms with van der Waals surface area (Å²) in [5, 5.41) is 9.65. The van der Waals surface area contributed by atoms with Crippen molar-refractivity contribution in [2.24, 2.45) is 0 Å². The van der Waals surface area contributed by atoms with Crippen LogP contribution in [0.4, 0.5) is 11.6 Å². The van der Waals surface area contributed by atoms with Gasteiger partial charge < -0.3 is 9.80 Å². The van der Waals surface area contributed by atoms with E-state index in [2.05, 4.69) is 26.9 Å². The van der Waals surface area contributed by atoms with Gasteiger partial charge >= 0.3 is 0 Å². The summed E-state index contributed by atoms with van der Waals surface area (Å²) in [5.41, 5.74) is 3.79. The van der Waals surface area contributed by atoms with E-state index in [9.17, 15) is 5.26 Å². The summed E-state index contributed by atoms with van der Waals surface area (Å²) in [4.78, 5) is 18.8. The number of aromatic nitrogens is 3. The second-order valence-electron chi connectivity index (χ2n) is 8.07. The molecule has 4 heterocycles. The monoisotopic (exact) mass is 376 g/mol. The van der Waals surface area contributed by atoms with E-state index in [0.29, 0.717) is 11.5 Å². The SMILES string of the molecule is Cc1cc(C)c(C#N)c(N2CCC[C@@H](c3cc(N4CCCC4)nc(C)n3)C2)n1. The number of nitriles is 1. The summed E-state index contributed by atoms with van der Waals surface area (Å²) in [6, 6.07) is 6.53. The number of hydrogen-bond acceptors (Lipinski definition) is 6. The Morgan fingerprint density at radius 3 is 2.46 bits per heavy atom. The van der Waals surface area contributed by atoms with Crippen molar-refractivity contribution in [3.05, 3.63) is 40.5 Å². The third-order valence-corrected chi connectivity index (χ3v) is 5.85. The van der Waals surface area contributed by atoms with Gasteiger partial charge in [-0.2, -0.15) is 5.26 Å². The number of anilines is 2. The van der Waals surface area contributed by atoms with Crippen LogP contribution in [0, 0.1) is 32.1 Å². The van der Waals surface area contributed by atoms with E-state index in [4.69, 9.17) is 9.97 Å². The number of nitrogens with zero attached hydrogens (tertiary/aromatic N) is 6. The number of hydrogen-bond donors (Lipinski definition) is 0. The van der Waals surface area contributed by atoms with Gasteiger partial charge in [-0.1, -0.05) is 0 Å². The van der Waals surface area contributed by atoms with E-state index in [1.807, 2.05) is 26.8 Å². The van der Waals surface area contributed by atoms with Gasteiger partial charge in [-0.05, 0) is 58.1 Å². The molecule has 146 valence electrons. The van der Waals surface area contributed by atoms with Crippen LogP contribution in [0.5, 0.6) is 0 Å². The fourth-order valence-electron chi connectivity index (χ4n) is 4.49. The minimum absolute atomic E-state index is 0.339. The van der Waals surface area contributed by atoms with Crippen LogP contribution < -0.4 is 9.80 Å². The summed E-state index contributed by atoms with van der Waals surface area (Å²) >= 11 is 0. The second kappa shape index (κ2) is 7.75. The van der Waals surface area contributed by atoms with E-state index in [-0.39, 0.29) is 0 Å². The van der Waals surface area contributed by atoms with Gasteiger partial charge in [0.25, 0.3) is 0 Å². The lowest BCUT2D eigenvalue weighted by Gasteiger charge is -2.34. The maximum Gasteiger partial charge on any atom is 0.147 e. The molecule has 2 aromatic heterocycles. The minimum atomic E-state index is 0.339. The molecule has 2 aliphatic heterocycles. The molecule has 0 amide bonds. The number of pyridine rings is 1. The van der Waals surface area contributed by atoms with Crippen molar-refractivity contribution in [3.63, 3.8) is 0 Å². The number of rotatable bonds is 3. The Morgan fingerprint density at radius 2 is 1.71 bits per heavy atom. The normalized spacial score (nSPS) is 19.7. The molecule has 0 unspecified atom stereocenters. The Hall–Kier alpha value is -2.68. The lowest BCUT2D eigenvalue weighted by Crippen LogP contribution is -2.36. The molecular formula is C22H28N6. The van der Waals surface area contributed by atoms with E-state index < -0.39 is 0 Å². The molecule has 6 nitrogen and oxygen atoms in total. The van der Waals surface area contributed by atoms with Gasteiger partial charge in [0.2, 0.25) is 0 Å². The van der Waals surface area contributed by atoms with Gasteiger partial charge in [0.05, 0.1) is 11.3 Å². The van der Waals surface area contributed by atoms with Crippen LogP contribution in [-0.2, 0) is 0 Å². The first kappa shape index (κ1) is 18.7. The first-order chi connectivity index (χ1) is 13.5. The predicted octanol–water partition coefficient (Wildman–Crippen LogP) is 3.65. The molecule has 0 radical (unpaired) electrons. The first-order valence-electron chi connectivity index (χ1n) is 10.3. The molecule has 0 spiro atoms. The average molecular weight is 377 g/mol. The molecular weight excluding hydrogens is 348 g/mol. The molecule has 0 bridgehead atoms. The van der Waals surface area contributed by atoms with E-state index in [1.165, 1.54) is 12.8 Å². The topological polar surface area (TPSA) is 68.9 Å². The molecule has 28 heavy (non-hydrogen) atoms. The third-order valence-electron chi connectivity index (χ3n) is 5.85.